The van der Waals surface area contributed by atoms with Gasteiger partial charge in [-0.1, -0.05) is 31.2 Å². The van der Waals surface area contributed by atoms with Crippen LogP contribution in [-0.2, 0) is 0 Å². The molecule has 1 aliphatic heterocycles. The van der Waals surface area contributed by atoms with Crippen LogP contribution in [0.1, 0.15) is 50.0 Å². The van der Waals surface area contributed by atoms with Crippen molar-refractivity contribution in [2.45, 2.75) is 20.3 Å². The number of rotatable bonds is 5. The number of nitrogens with zero attached hydrogens (tertiary/aromatic N) is 3. The molecule has 6 aromatic rings. The number of hydrogen-bond acceptors (Lipinski definition) is 7. The molecule has 2 amide bonds. The molecule has 3 heterocycles. The fourth-order valence-corrected chi connectivity index (χ4v) is 5.83. The summed E-state index contributed by atoms with van der Waals surface area (Å²) in [6.07, 6.45) is 0.239. The van der Waals surface area contributed by atoms with Crippen LogP contribution in [-0.4, -0.2) is 26.7 Å². The van der Waals surface area contributed by atoms with Gasteiger partial charge in [0.1, 0.15) is 0 Å². The predicted molar refractivity (Wildman–Crippen MR) is 165 cm³/mol. The van der Waals surface area contributed by atoms with E-state index in [1.807, 2.05) is 13.0 Å². The summed E-state index contributed by atoms with van der Waals surface area (Å²) in [6, 6.07) is 19.6. The van der Waals surface area contributed by atoms with E-state index in [2.05, 4.69) is 0 Å². The highest BCUT2D eigenvalue weighted by Crippen LogP contribution is 2.30. The van der Waals surface area contributed by atoms with E-state index in [9.17, 15) is 33.6 Å². The summed E-state index contributed by atoms with van der Waals surface area (Å²) >= 11 is 0. The Morgan fingerprint density at radius 2 is 1.07 bits per heavy atom. The van der Waals surface area contributed by atoms with Crippen LogP contribution in [0.3, 0.4) is 0 Å². The Morgan fingerprint density at radius 3 is 1.61 bits per heavy atom. The van der Waals surface area contributed by atoms with E-state index >= 15 is 0 Å². The number of imide groups is 1. The first-order chi connectivity index (χ1) is 21.1. The molecule has 1 aliphatic rings. The lowest BCUT2D eigenvalue weighted by Crippen LogP contribution is -2.30. The van der Waals surface area contributed by atoms with Gasteiger partial charge >= 0.3 is 0 Å². The van der Waals surface area contributed by atoms with Gasteiger partial charge in [-0.2, -0.15) is 0 Å². The first kappa shape index (κ1) is 26.8. The molecular weight excluding hydrogens is 562 g/mol. The molecule has 0 radical (unpaired) electrons. The molecule has 214 valence electrons. The third-order valence-corrected chi connectivity index (χ3v) is 8.03. The molecule has 10 heteroatoms. The maximum Gasteiger partial charge on any atom is 0.266 e. The highest BCUT2D eigenvalue weighted by atomic mass is 16.2. The standard InChI is InChI=1S/C34H21N3O7/c1-3-28(38)18-10-11-22-23(13-18)30(40)36(29(22)39)20-8-5-9-21(14-20)37-33(43)26-15-24-25(16-27(26)34(37)44)32(42)35(31(24)41)19-7-4-6-17(2)12-19/h4-16H,3H2,1-2H3. The van der Waals surface area contributed by atoms with Crippen LogP contribution in [0.4, 0.5) is 5.69 Å². The molecule has 0 atom stereocenters. The van der Waals surface area contributed by atoms with Crippen LogP contribution in [0.25, 0.3) is 32.9 Å². The number of aromatic nitrogens is 2. The number of Topliss-reactive ketones (excluding diaryl/α,β-unsaturated/α-hetero) is 1. The molecule has 0 N–H and O–H groups in total. The van der Waals surface area contributed by atoms with Crippen molar-refractivity contribution in [3.8, 4) is 11.4 Å². The zero-order chi connectivity index (χ0) is 31.0. The minimum absolute atomic E-state index is 0.0129. The van der Waals surface area contributed by atoms with Crippen molar-refractivity contribution in [1.82, 2.24) is 9.13 Å². The van der Waals surface area contributed by atoms with Crippen molar-refractivity contribution in [2.24, 2.45) is 0 Å². The highest BCUT2D eigenvalue weighted by molar-refractivity contribution is 6.34. The number of carbonyl (C=O) groups excluding carboxylic acids is 3. The number of carbonyl (C=O) groups is 3. The zero-order valence-electron chi connectivity index (χ0n) is 23.4. The van der Waals surface area contributed by atoms with Crippen molar-refractivity contribution in [1.29, 1.82) is 0 Å². The summed E-state index contributed by atoms with van der Waals surface area (Å²) < 4.78 is 1.90. The van der Waals surface area contributed by atoms with Crippen LogP contribution in [0.2, 0.25) is 0 Å². The van der Waals surface area contributed by atoms with Crippen molar-refractivity contribution in [2.75, 3.05) is 4.90 Å². The van der Waals surface area contributed by atoms with E-state index < -0.39 is 34.1 Å². The monoisotopic (exact) mass is 583 g/mol. The zero-order valence-corrected chi connectivity index (χ0v) is 23.4. The molecule has 0 aliphatic carbocycles. The summed E-state index contributed by atoms with van der Waals surface area (Å²) in [7, 11) is 0. The number of amides is 2. The minimum Gasteiger partial charge on any atom is -0.294 e. The van der Waals surface area contributed by atoms with E-state index in [0.717, 1.165) is 19.6 Å². The molecule has 0 bridgehead atoms. The number of anilines is 1. The first-order valence-electron chi connectivity index (χ1n) is 13.8. The van der Waals surface area contributed by atoms with Gasteiger partial charge in [-0.15, -0.1) is 0 Å². The van der Waals surface area contributed by atoms with Crippen molar-refractivity contribution >= 4 is 44.8 Å². The van der Waals surface area contributed by atoms with Crippen LogP contribution in [0.15, 0.2) is 98.0 Å². The van der Waals surface area contributed by atoms with Crippen molar-refractivity contribution in [3.63, 3.8) is 0 Å². The van der Waals surface area contributed by atoms with E-state index in [-0.39, 0.29) is 56.3 Å². The maximum atomic E-state index is 13.6. The van der Waals surface area contributed by atoms with E-state index in [1.165, 1.54) is 54.6 Å². The fourth-order valence-electron chi connectivity index (χ4n) is 5.83. The molecular formula is C34H21N3O7. The molecule has 44 heavy (non-hydrogen) atoms. The Morgan fingerprint density at radius 1 is 0.568 bits per heavy atom. The third-order valence-electron chi connectivity index (χ3n) is 8.03. The van der Waals surface area contributed by atoms with Gasteiger partial charge in [0.2, 0.25) is 0 Å². The highest BCUT2D eigenvalue weighted by Gasteiger charge is 2.37. The maximum absolute atomic E-state index is 13.6. The Bertz CT molecular complexity index is 2410. The number of ketones is 1. The van der Waals surface area contributed by atoms with Gasteiger partial charge in [0.15, 0.2) is 5.78 Å². The second-order valence-corrected chi connectivity index (χ2v) is 10.7. The largest absolute Gasteiger partial charge is 0.294 e. The van der Waals surface area contributed by atoms with Gasteiger partial charge in [0.25, 0.3) is 34.1 Å². The average Bonchev–Trinajstić information content (AvgIpc) is 3.53. The lowest BCUT2D eigenvalue weighted by molar-refractivity contribution is 0.0925. The first-order valence-corrected chi connectivity index (χ1v) is 13.8. The smallest absolute Gasteiger partial charge is 0.266 e. The molecule has 0 saturated heterocycles. The third kappa shape index (κ3) is 3.70. The molecule has 0 saturated carbocycles. The summed E-state index contributed by atoms with van der Waals surface area (Å²) in [5.74, 6) is -1.41. The lowest BCUT2D eigenvalue weighted by atomic mass is 10.0. The number of hydrogen-bond donors (Lipinski definition) is 0. The number of benzene rings is 4. The number of aryl methyl sites for hydroxylation is 1. The van der Waals surface area contributed by atoms with Crippen molar-refractivity contribution in [3.05, 3.63) is 143 Å². The second-order valence-electron chi connectivity index (χ2n) is 10.7. The van der Waals surface area contributed by atoms with Gasteiger partial charge in [-0.05, 0) is 67.1 Å². The minimum atomic E-state index is -0.718. The molecule has 7 rings (SSSR count). The summed E-state index contributed by atoms with van der Waals surface area (Å²) in [6.45, 7) is 3.53. The molecule has 0 fully saturated rings. The Balaban J connectivity index is 1.34. The summed E-state index contributed by atoms with van der Waals surface area (Å²) in [4.78, 5) is 93.4. The van der Waals surface area contributed by atoms with Gasteiger partial charge < -0.3 is 0 Å². The summed E-state index contributed by atoms with van der Waals surface area (Å²) in [5.41, 5.74) is -0.658. The molecule has 4 aromatic carbocycles. The molecule has 2 aromatic heterocycles. The SMILES string of the molecule is CCC(=O)c1ccc2c(c1)C(=O)N(c1cccc(-n3c(=O)c4cc5c(=O)n(-c6cccc(C)c6)c(=O)c5cc4c3=O)c1)C2=O. The number of fused-ring (bicyclic) bond motifs is 3. The van der Waals surface area contributed by atoms with E-state index in [0.29, 0.717) is 11.3 Å². The quantitative estimate of drug-likeness (QED) is 0.224. The lowest BCUT2D eigenvalue weighted by Gasteiger charge is -2.15. The van der Waals surface area contributed by atoms with Crippen LogP contribution in [0, 0.1) is 6.92 Å². The average molecular weight is 584 g/mol. The molecule has 0 spiro atoms. The van der Waals surface area contributed by atoms with Crippen LogP contribution in [0.5, 0.6) is 0 Å². The van der Waals surface area contributed by atoms with Gasteiger partial charge in [0.05, 0.1) is 49.7 Å². The van der Waals surface area contributed by atoms with Gasteiger partial charge in [-0.25, -0.2) is 14.0 Å². The van der Waals surface area contributed by atoms with Gasteiger partial charge in [-0.3, -0.25) is 33.6 Å². The van der Waals surface area contributed by atoms with Crippen LogP contribution >= 0.6 is 0 Å². The normalized spacial score (nSPS) is 12.9. The topological polar surface area (TPSA) is 133 Å². The Kier molecular flexibility index (Phi) is 5.79. The molecule has 10 nitrogen and oxygen atoms in total. The second kappa shape index (κ2) is 9.50. The van der Waals surface area contributed by atoms with E-state index in [4.69, 9.17) is 0 Å². The van der Waals surface area contributed by atoms with E-state index in [1.54, 1.807) is 25.1 Å². The fraction of sp³-hybridized carbons (Fsp3) is 0.0882. The Hall–Kier alpha value is -6.03. The molecule has 0 unspecified atom stereocenters. The van der Waals surface area contributed by atoms with Crippen molar-refractivity contribution < 1.29 is 14.4 Å². The Labute approximate surface area is 247 Å². The summed E-state index contributed by atoms with van der Waals surface area (Å²) in [5, 5.41) is -0.0570. The van der Waals surface area contributed by atoms with Gasteiger partial charge in [0, 0.05) is 12.0 Å². The van der Waals surface area contributed by atoms with Crippen LogP contribution < -0.4 is 27.1 Å². The predicted octanol–water partition coefficient (Wildman–Crippen LogP) is 3.59.